The second-order valence-electron chi connectivity index (χ2n) is 7.14. The number of anilines is 1. The number of sulfonamides is 1. The van der Waals surface area contributed by atoms with Crippen molar-refractivity contribution < 1.29 is 18.0 Å². The van der Waals surface area contributed by atoms with E-state index in [0.29, 0.717) is 31.6 Å². The van der Waals surface area contributed by atoms with Crippen LogP contribution in [0.5, 0.6) is 0 Å². The highest BCUT2D eigenvalue weighted by atomic mass is 32.2. The quantitative estimate of drug-likeness (QED) is 0.764. The molecule has 0 aromatic heterocycles. The number of carbonyl (C=O) groups is 2. The van der Waals surface area contributed by atoms with Gasteiger partial charge in [-0.2, -0.15) is 0 Å². The smallest absolute Gasteiger partial charge is 0.238 e. The zero-order valence-corrected chi connectivity index (χ0v) is 16.0. The van der Waals surface area contributed by atoms with Gasteiger partial charge in [-0.05, 0) is 56.4 Å². The Kier molecular flexibility index (Phi) is 5.96. The summed E-state index contributed by atoms with van der Waals surface area (Å²) >= 11 is 0. The summed E-state index contributed by atoms with van der Waals surface area (Å²) < 4.78 is 22.5. The lowest BCUT2D eigenvalue weighted by Gasteiger charge is -2.34. The maximum absolute atomic E-state index is 12.6. The van der Waals surface area contributed by atoms with Crippen LogP contribution in [0, 0.1) is 11.8 Å². The van der Waals surface area contributed by atoms with Crippen LogP contribution in [0.2, 0.25) is 0 Å². The van der Waals surface area contributed by atoms with Gasteiger partial charge in [-0.1, -0.05) is 12.2 Å². The van der Waals surface area contributed by atoms with Crippen molar-refractivity contribution in [2.24, 2.45) is 17.0 Å². The largest absolute Gasteiger partial charge is 0.342 e. The topological polar surface area (TPSA) is 110 Å². The average molecular weight is 391 g/mol. The first-order valence-corrected chi connectivity index (χ1v) is 10.8. The highest BCUT2D eigenvalue weighted by molar-refractivity contribution is 7.89. The van der Waals surface area contributed by atoms with Crippen LogP contribution in [0.25, 0.3) is 0 Å². The molecule has 3 rings (SSSR count). The number of benzene rings is 1. The van der Waals surface area contributed by atoms with Crippen molar-refractivity contribution >= 4 is 27.5 Å². The summed E-state index contributed by atoms with van der Waals surface area (Å²) in [6.45, 7) is 1.20. The third-order valence-electron chi connectivity index (χ3n) is 5.25. The number of rotatable bonds is 4. The number of nitrogens with one attached hydrogen (secondary N) is 1. The molecule has 0 saturated carbocycles. The molecule has 1 aliphatic carbocycles. The minimum absolute atomic E-state index is 0.00452. The van der Waals surface area contributed by atoms with Crippen molar-refractivity contribution in [3.63, 3.8) is 0 Å². The van der Waals surface area contributed by atoms with Crippen molar-refractivity contribution in [1.82, 2.24) is 4.90 Å². The summed E-state index contributed by atoms with van der Waals surface area (Å²) in [5.74, 6) is 0.0266. The van der Waals surface area contributed by atoms with Crippen molar-refractivity contribution in [3.8, 4) is 0 Å². The third-order valence-corrected chi connectivity index (χ3v) is 6.18. The number of allylic oxidation sites excluding steroid dienone is 2. The zero-order valence-electron chi connectivity index (χ0n) is 15.1. The summed E-state index contributed by atoms with van der Waals surface area (Å²) in [6.07, 6.45) is 8.14. The van der Waals surface area contributed by atoms with Gasteiger partial charge in [0.2, 0.25) is 21.8 Å². The predicted molar refractivity (Wildman–Crippen MR) is 102 cm³/mol. The average Bonchev–Trinajstić information content (AvgIpc) is 2.68. The van der Waals surface area contributed by atoms with Gasteiger partial charge in [0, 0.05) is 30.6 Å². The Bertz CT molecular complexity index is 825. The van der Waals surface area contributed by atoms with E-state index in [-0.39, 0.29) is 28.5 Å². The lowest BCUT2D eigenvalue weighted by Crippen LogP contribution is -2.44. The fraction of sp³-hybridized carbons (Fsp3) is 0.474. The van der Waals surface area contributed by atoms with Crippen LogP contribution in [0.3, 0.4) is 0 Å². The Morgan fingerprint density at radius 3 is 2.22 bits per heavy atom. The normalized spacial score (nSPS) is 21.1. The number of nitrogens with zero attached hydrogens (tertiary/aromatic N) is 1. The van der Waals surface area contributed by atoms with Gasteiger partial charge in [0.05, 0.1) is 4.90 Å². The fourth-order valence-electron chi connectivity index (χ4n) is 3.61. The van der Waals surface area contributed by atoms with Gasteiger partial charge < -0.3 is 10.2 Å². The van der Waals surface area contributed by atoms with E-state index in [0.717, 1.165) is 19.3 Å². The van der Waals surface area contributed by atoms with E-state index in [2.05, 4.69) is 17.5 Å². The van der Waals surface area contributed by atoms with Crippen LogP contribution >= 0.6 is 0 Å². The van der Waals surface area contributed by atoms with Crippen LogP contribution in [-0.4, -0.2) is 38.2 Å². The summed E-state index contributed by atoms with van der Waals surface area (Å²) in [5.41, 5.74) is 0.528. The standard InChI is InChI=1S/C19H25N3O4S/c20-27(25,26)17-8-6-16(7-9-17)21-18(23)14-10-12-22(13-11-14)19(24)15-4-2-1-3-5-15/h1-2,6-9,14-15H,3-5,10-13H2,(H,21,23)(H2,20,25,26). The molecule has 1 atom stereocenters. The molecule has 1 aromatic carbocycles. The van der Waals surface area contributed by atoms with Gasteiger partial charge in [0.25, 0.3) is 0 Å². The number of carbonyl (C=O) groups excluding carboxylic acids is 2. The van der Waals surface area contributed by atoms with Crippen molar-refractivity contribution in [2.75, 3.05) is 18.4 Å². The molecule has 8 heteroatoms. The molecule has 0 bridgehead atoms. The monoisotopic (exact) mass is 391 g/mol. The van der Waals surface area contributed by atoms with E-state index >= 15 is 0 Å². The summed E-state index contributed by atoms with van der Waals surface area (Å²) in [6, 6.07) is 5.77. The number of amides is 2. The minimum Gasteiger partial charge on any atom is -0.342 e. The second kappa shape index (κ2) is 8.22. The lowest BCUT2D eigenvalue weighted by molar-refractivity contribution is -0.138. The maximum Gasteiger partial charge on any atom is 0.238 e. The first kappa shape index (κ1) is 19.6. The van der Waals surface area contributed by atoms with Gasteiger partial charge >= 0.3 is 0 Å². The Hall–Kier alpha value is -2.19. The first-order valence-electron chi connectivity index (χ1n) is 9.22. The molecule has 1 fully saturated rings. The van der Waals surface area contributed by atoms with E-state index in [1.54, 1.807) is 0 Å². The highest BCUT2D eigenvalue weighted by Gasteiger charge is 2.30. The summed E-state index contributed by atoms with van der Waals surface area (Å²) in [5, 5.41) is 7.88. The van der Waals surface area contributed by atoms with Crippen molar-refractivity contribution in [3.05, 3.63) is 36.4 Å². The van der Waals surface area contributed by atoms with E-state index in [1.807, 2.05) is 4.90 Å². The Labute approximate surface area is 159 Å². The Morgan fingerprint density at radius 1 is 1.00 bits per heavy atom. The number of nitrogens with two attached hydrogens (primary N) is 1. The maximum atomic E-state index is 12.6. The lowest BCUT2D eigenvalue weighted by atomic mass is 9.90. The van der Waals surface area contributed by atoms with Crippen LogP contribution in [0.1, 0.15) is 32.1 Å². The minimum atomic E-state index is -3.75. The molecule has 1 aliphatic heterocycles. The molecule has 3 N–H and O–H groups in total. The number of primary sulfonamides is 1. The molecule has 1 heterocycles. The van der Waals surface area contributed by atoms with E-state index in [1.165, 1.54) is 24.3 Å². The SMILES string of the molecule is NS(=O)(=O)c1ccc(NC(=O)C2CCN(C(=O)C3CC=CCC3)CC2)cc1. The number of hydrogen-bond acceptors (Lipinski definition) is 4. The Morgan fingerprint density at radius 2 is 1.67 bits per heavy atom. The van der Waals surface area contributed by atoms with Gasteiger partial charge in [-0.25, -0.2) is 13.6 Å². The molecular weight excluding hydrogens is 366 g/mol. The molecule has 1 aromatic rings. The molecule has 7 nitrogen and oxygen atoms in total. The summed E-state index contributed by atoms with van der Waals surface area (Å²) in [7, 11) is -3.75. The third kappa shape index (κ3) is 4.95. The molecule has 2 amide bonds. The molecule has 1 saturated heterocycles. The molecule has 1 unspecified atom stereocenters. The highest BCUT2D eigenvalue weighted by Crippen LogP contribution is 2.25. The van der Waals surface area contributed by atoms with Crippen LogP contribution in [0.15, 0.2) is 41.3 Å². The van der Waals surface area contributed by atoms with Gasteiger partial charge in [0.15, 0.2) is 0 Å². The van der Waals surface area contributed by atoms with Gasteiger partial charge in [0.1, 0.15) is 0 Å². The van der Waals surface area contributed by atoms with E-state index < -0.39 is 10.0 Å². The van der Waals surface area contributed by atoms with E-state index in [4.69, 9.17) is 5.14 Å². The Balaban J connectivity index is 1.51. The van der Waals surface area contributed by atoms with Crippen LogP contribution in [0.4, 0.5) is 5.69 Å². The predicted octanol–water partition coefficient (Wildman–Crippen LogP) is 1.87. The van der Waals surface area contributed by atoms with E-state index in [9.17, 15) is 18.0 Å². The molecule has 0 spiro atoms. The summed E-state index contributed by atoms with van der Waals surface area (Å²) in [4.78, 5) is 26.9. The zero-order chi connectivity index (χ0) is 19.4. The fourth-order valence-corrected chi connectivity index (χ4v) is 4.13. The number of hydrogen-bond donors (Lipinski definition) is 2. The van der Waals surface area contributed by atoms with Crippen LogP contribution in [-0.2, 0) is 19.6 Å². The molecule has 0 radical (unpaired) electrons. The molecule has 146 valence electrons. The van der Waals surface area contributed by atoms with Crippen molar-refractivity contribution in [1.29, 1.82) is 0 Å². The first-order chi connectivity index (χ1) is 12.8. The molecule has 2 aliphatic rings. The number of piperidine rings is 1. The molecular formula is C19H25N3O4S. The van der Waals surface area contributed by atoms with Gasteiger partial charge in [-0.15, -0.1) is 0 Å². The number of likely N-dealkylation sites (tertiary alicyclic amines) is 1. The van der Waals surface area contributed by atoms with Crippen molar-refractivity contribution in [2.45, 2.75) is 37.0 Å². The second-order valence-corrected chi connectivity index (χ2v) is 8.70. The van der Waals surface area contributed by atoms with Gasteiger partial charge in [-0.3, -0.25) is 9.59 Å². The molecule has 27 heavy (non-hydrogen) atoms. The van der Waals surface area contributed by atoms with Crippen LogP contribution < -0.4 is 10.5 Å².